The van der Waals surface area contributed by atoms with Crippen LogP contribution in [0.25, 0.3) is 21.9 Å². The number of hydrogen-bond acceptors (Lipinski definition) is 4. The molecule has 3 amide bonds. The number of carbonyl (C=O) groups excluding carboxylic acids is 2. The summed E-state index contributed by atoms with van der Waals surface area (Å²) in [6.07, 6.45) is 4.53. The summed E-state index contributed by atoms with van der Waals surface area (Å²) in [6.45, 7) is 2.45. The number of fused-ring (bicyclic) bond motifs is 3. The number of urea groups is 1. The van der Waals surface area contributed by atoms with Crippen molar-refractivity contribution >= 4 is 39.6 Å². The lowest BCUT2D eigenvalue weighted by atomic mass is 9.91. The summed E-state index contributed by atoms with van der Waals surface area (Å²) >= 11 is 0. The number of para-hydroxylation sites is 4. The molecule has 3 aromatic carbocycles. The molecule has 1 fully saturated rings. The highest BCUT2D eigenvalue weighted by molar-refractivity contribution is 6.00. The van der Waals surface area contributed by atoms with Crippen molar-refractivity contribution in [1.29, 1.82) is 0 Å². The van der Waals surface area contributed by atoms with Gasteiger partial charge < -0.3 is 30.0 Å². The van der Waals surface area contributed by atoms with Gasteiger partial charge in [0.15, 0.2) is 0 Å². The molecule has 0 saturated carbocycles. The molecular formula is C36H41N7O3. The van der Waals surface area contributed by atoms with Crippen LogP contribution in [0.3, 0.4) is 0 Å². The Morgan fingerprint density at radius 3 is 2.48 bits per heavy atom. The molecule has 2 aromatic heterocycles. The van der Waals surface area contributed by atoms with E-state index >= 15 is 0 Å². The van der Waals surface area contributed by atoms with Crippen LogP contribution in [0.2, 0.25) is 0 Å². The van der Waals surface area contributed by atoms with Gasteiger partial charge in [0.1, 0.15) is 6.04 Å². The van der Waals surface area contributed by atoms with Crippen LogP contribution in [0, 0.1) is 5.92 Å². The fourth-order valence-corrected chi connectivity index (χ4v) is 7.44. The Labute approximate surface area is 268 Å². The lowest BCUT2D eigenvalue weighted by molar-refractivity contribution is -0.120. The average molecular weight is 620 g/mol. The first-order chi connectivity index (χ1) is 22.4. The smallest absolute Gasteiger partial charge is 0.326 e. The van der Waals surface area contributed by atoms with E-state index in [1.165, 1.54) is 0 Å². The average Bonchev–Trinajstić information content (AvgIpc) is 3.63. The molecule has 238 valence electrons. The number of hydrogen-bond donors (Lipinski definition) is 3. The highest BCUT2D eigenvalue weighted by atomic mass is 16.2. The van der Waals surface area contributed by atoms with Gasteiger partial charge in [-0.2, -0.15) is 0 Å². The van der Waals surface area contributed by atoms with Gasteiger partial charge in [0.25, 0.3) is 0 Å². The number of likely N-dealkylation sites (tertiary alicyclic amines) is 1. The molecule has 0 aliphatic carbocycles. The molecule has 3 N–H and O–H groups in total. The second-order valence-electron chi connectivity index (χ2n) is 13.0. The zero-order valence-electron chi connectivity index (χ0n) is 26.4. The molecule has 10 nitrogen and oxygen atoms in total. The lowest BCUT2D eigenvalue weighted by Crippen LogP contribution is -2.56. The molecule has 4 heterocycles. The van der Waals surface area contributed by atoms with Crippen LogP contribution in [0.1, 0.15) is 30.0 Å². The van der Waals surface area contributed by atoms with Gasteiger partial charge in [0.05, 0.1) is 11.0 Å². The first kappa shape index (κ1) is 29.9. The number of imidazole rings is 1. The fraction of sp³-hybridized carbons (Fsp3) is 0.361. The van der Waals surface area contributed by atoms with Crippen molar-refractivity contribution < 1.29 is 9.59 Å². The summed E-state index contributed by atoms with van der Waals surface area (Å²) in [5.74, 6) is 0.181. The van der Waals surface area contributed by atoms with E-state index in [1.807, 2.05) is 82.4 Å². The Morgan fingerprint density at radius 2 is 1.67 bits per heavy atom. The maximum absolute atomic E-state index is 14.6. The number of anilines is 1. The Bertz CT molecular complexity index is 1930. The van der Waals surface area contributed by atoms with Gasteiger partial charge in [-0.1, -0.05) is 48.5 Å². The van der Waals surface area contributed by atoms with Crippen LogP contribution in [-0.4, -0.2) is 82.6 Å². The summed E-state index contributed by atoms with van der Waals surface area (Å²) in [5, 5.41) is 4.21. The number of rotatable bonds is 7. The summed E-state index contributed by atoms with van der Waals surface area (Å²) < 4.78 is 1.83. The Balaban J connectivity index is 1.13. The summed E-state index contributed by atoms with van der Waals surface area (Å²) in [6, 6.07) is 22.9. The first-order valence-electron chi connectivity index (χ1n) is 16.2. The third-order valence-corrected chi connectivity index (χ3v) is 9.56. The van der Waals surface area contributed by atoms with Crippen LogP contribution in [0.5, 0.6) is 0 Å². The SMILES string of the molecule is CN(C)C[C@@H]1Cc2ccccc2N(C(=O)[C@@H](Cc2c[nH]c3ccccc23)NC(=O)N2CCC(n3c(=O)[nH]c4ccccc43)CC2)C1. The zero-order valence-corrected chi connectivity index (χ0v) is 26.4. The van der Waals surface area contributed by atoms with Crippen molar-refractivity contribution in [3.63, 3.8) is 0 Å². The third-order valence-electron chi connectivity index (χ3n) is 9.56. The Hall–Kier alpha value is -4.83. The van der Waals surface area contributed by atoms with Crippen molar-refractivity contribution in [2.75, 3.05) is 45.2 Å². The van der Waals surface area contributed by atoms with Gasteiger partial charge in [-0.3, -0.25) is 9.36 Å². The van der Waals surface area contributed by atoms with Crippen LogP contribution in [0.4, 0.5) is 10.5 Å². The highest BCUT2D eigenvalue weighted by Crippen LogP contribution is 2.31. The number of nitrogens with zero attached hydrogens (tertiary/aromatic N) is 4. The second-order valence-corrected chi connectivity index (χ2v) is 13.0. The predicted octanol–water partition coefficient (Wildman–Crippen LogP) is 4.54. The van der Waals surface area contributed by atoms with Gasteiger partial charge in [0, 0.05) is 61.4 Å². The Kier molecular flexibility index (Phi) is 8.12. The maximum Gasteiger partial charge on any atom is 0.326 e. The van der Waals surface area contributed by atoms with Crippen LogP contribution in [0.15, 0.2) is 83.8 Å². The van der Waals surface area contributed by atoms with Crippen molar-refractivity contribution in [1.82, 2.24) is 29.7 Å². The number of aromatic amines is 2. The number of carbonyl (C=O) groups is 2. The molecule has 46 heavy (non-hydrogen) atoms. The molecule has 2 aliphatic rings. The van der Waals surface area contributed by atoms with Crippen molar-refractivity contribution in [2.24, 2.45) is 5.92 Å². The standard InChI is InChI=1S/C36H41N7O3/c1-40(2)22-24-19-25-9-3-7-13-32(25)42(23-24)34(44)31(20-26-21-37-29-11-5-4-10-28(26)29)39-35(45)41-17-15-27(16-18-41)43-33-14-8-6-12-30(33)38-36(43)46/h3-14,21,24,27,31,37H,15-20,22-23H2,1-2H3,(H,38,46)(H,39,45)/t24-,31+/m0/s1. The molecule has 5 aromatic rings. The van der Waals surface area contributed by atoms with E-state index in [2.05, 4.69) is 40.3 Å². The van der Waals surface area contributed by atoms with E-state index in [0.717, 1.165) is 51.7 Å². The molecule has 10 heteroatoms. The van der Waals surface area contributed by atoms with E-state index < -0.39 is 6.04 Å². The summed E-state index contributed by atoms with van der Waals surface area (Å²) in [5.41, 5.74) is 5.64. The molecule has 2 atom stereocenters. The van der Waals surface area contributed by atoms with E-state index in [4.69, 9.17) is 0 Å². The molecule has 0 radical (unpaired) electrons. The van der Waals surface area contributed by atoms with Gasteiger partial charge in [-0.25, -0.2) is 9.59 Å². The molecule has 2 aliphatic heterocycles. The molecular weight excluding hydrogens is 578 g/mol. The number of aromatic nitrogens is 3. The van der Waals surface area contributed by atoms with Gasteiger partial charge in [0.2, 0.25) is 5.91 Å². The van der Waals surface area contributed by atoms with E-state index in [0.29, 0.717) is 38.9 Å². The third kappa shape index (κ3) is 5.80. The number of benzene rings is 3. The second kappa shape index (κ2) is 12.5. The quantitative estimate of drug-likeness (QED) is 0.249. The Morgan fingerprint density at radius 1 is 0.957 bits per heavy atom. The van der Waals surface area contributed by atoms with Crippen LogP contribution < -0.4 is 15.9 Å². The largest absolute Gasteiger partial charge is 0.361 e. The van der Waals surface area contributed by atoms with Gasteiger partial charge in [-0.15, -0.1) is 0 Å². The number of H-pyrrole nitrogens is 2. The normalized spacial score (nSPS) is 17.8. The molecule has 1 saturated heterocycles. The maximum atomic E-state index is 14.6. The summed E-state index contributed by atoms with van der Waals surface area (Å²) in [4.78, 5) is 53.4. The zero-order chi connectivity index (χ0) is 31.8. The minimum atomic E-state index is -0.758. The van der Waals surface area contributed by atoms with E-state index in [1.54, 1.807) is 4.90 Å². The van der Waals surface area contributed by atoms with Crippen LogP contribution in [-0.2, 0) is 17.6 Å². The van der Waals surface area contributed by atoms with Crippen molar-refractivity contribution in [2.45, 2.75) is 37.8 Å². The van der Waals surface area contributed by atoms with Gasteiger partial charge >= 0.3 is 11.7 Å². The van der Waals surface area contributed by atoms with Crippen molar-refractivity contribution in [3.8, 4) is 0 Å². The minimum absolute atomic E-state index is 0.00479. The van der Waals surface area contributed by atoms with Crippen LogP contribution >= 0.6 is 0 Å². The van der Waals surface area contributed by atoms with Crippen molar-refractivity contribution in [3.05, 3.63) is 101 Å². The molecule has 0 bridgehead atoms. The number of nitrogens with one attached hydrogen (secondary N) is 3. The summed E-state index contributed by atoms with van der Waals surface area (Å²) in [7, 11) is 4.12. The topological polar surface area (TPSA) is 109 Å². The highest BCUT2D eigenvalue weighted by Gasteiger charge is 2.35. The number of piperidine rings is 1. The van der Waals surface area contributed by atoms with Gasteiger partial charge in [-0.05, 0) is 74.7 Å². The lowest BCUT2D eigenvalue weighted by Gasteiger charge is -2.38. The fourth-order valence-electron chi connectivity index (χ4n) is 7.44. The molecule has 7 rings (SSSR count). The minimum Gasteiger partial charge on any atom is -0.361 e. The molecule has 0 spiro atoms. The monoisotopic (exact) mass is 619 g/mol. The first-order valence-corrected chi connectivity index (χ1v) is 16.2. The number of amides is 3. The predicted molar refractivity (Wildman–Crippen MR) is 181 cm³/mol. The van der Waals surface area contributed by atoms with E-state index in [9.17, 15) is 14.4 Å². The van der Waals surface area contributed by atoms with E-state index in [-0.39, 0.29) is 29.6 Å². The molecule has 0 unspecified atom stereocenters.